The zero-order valence-corrected chi connectivity index (χ0v) is 15.7. The minimum absolute atomic E-state index is 0.0375. The molecule has 1 aliphatic heterocycles. The molecule has 1 aromatic carbocycles. The molecule has 1 saturated heterocycles. The monoisotopic (exact) mass is 371 g/mol. The minimum atomic E-state index is -1.70. The number of amides is 2. The average molecular weight is 371 g/mol. The van der Waals surface area contributed by atoms with Crippen molar-refractivity contribution in [2.75, 3.05) is 26.3 Å². The largest absolute Gasteiger partial charge is 0.476 e. The third kappa shape index (κ3) is 4.58. The molecule has 3 rings (SSSR count). The summed E-state index contributed by atoms with van der Waals surface area (Å²) in [6, 6.07) is 11.3. The van der Waals surface area contributed by atoms with Crippen LogP contribution in [0.2, 0.25) is 0 Å². The number of urea groups is 1. The van der Waals surface area contributed by atoms with Gasteiger partial charge in [-0.05, 0) is 18.1 Å². The van der Waals surface area contributed by atoms with Crippen LogP contribution in [-0.2, 0) is 4.74 Å². The summed E-state index contributed by atoms with van der Waals surface area (Å²) in [4.78, 5) is 18.9. The Hall–Kier alpha value is -2.16. The van der Waals surface area contributed by atoms with Crippen molar-refractivity contribution >= 4 is 24.1 Å². The third-order valence-electron chi connectivity index (χ3n) is 4.98. The molecule has 2 heterocycles. The Morgan fingerprint density at radius 2 is 1.89 bits per heavy atom. The van der Waals surface area contributed by atoms with Crippen LogP contribution in [0.5, 0.6) is 0 Å². The van der Waals surface area contributed by atoms with Crippen LogP contribution in [0.1, 0.15) is 25.5 Å². The van der Waals surface area contributed by atoms with Gasteiger partial charge in [-0.3, -0.25) is 4.98 Å². The third-order valence-corrected chi connectivity index (χ3v) is 4.98. The van der Waals surface area contributed by atoms with Crippen LogP contribution in [0, 0.1) is 5.92 Å². The lowest BCUT2D eigenvalue weighted by molar-refractivity contribution is 0.0524. The van der Waals surface area contributed by atoms with E-state index in [2.05, 4.69) is 5.32 Å². The Kier molecular flexibility index (Phi) is 6.31. The first-order chi connectivity index (χ1) is 13.0. The molecule has 2 amide bonds. The number of carbonyl (C=O) groups is 1. The van der Waals surface area contributed by atoms with E-state index in [0.29, 0.717) is 26.3 Å². The van der Waals surface area contributed by atoms with Gasteiger partial charge >= 0.3 is 13.1 Å². The zero-order valence-electron chi connectivity index (χ0n) is 15.7. The number of hydrogen-bond donors (Lipinski definition) is 3. The first-order valence-electron chi connectivity index (χ1n) is 9.32. The molecule has 3 N–H and O–H groups in total. The Bertz CT molecular complexity index is 780. The highest BCUT2D eigenvalue weighted by atomic mass is 16.5. The van der Waals surface area contributed by atoms with Gasteiger partial charge in [0.05, 0.1) is 24.7 Å². The number of benzene rings is 1. The molecule has 0 aliphatic carbocycles. The van der Waals surface area contributed by atoms with Crippen molar-refractivity contribution in [3.05, 3.63) is 42.1 Å². The Balaban J connectivity index is 1.87. The van der Waals surface area contributed by atoms with Crippen LogP contribution < -0.4 is 5.32 Å². The second-order valence-electron chi connectivity index (χ2n) is 7.19. The van der Waals surface area contributed by atoms with Gasteiger partial charge in [-0.2, -0.15) is 0 Å². The second-order valence-corrected chi connectivity index (χ2v) is 7.19. The van der Waals surface area contributed by atoms with Crippen LogP contribution in [0.3, 0.4) is 0 Å². The molecule has 27 heavy (non-hydrogen) atoms. The maximum Gasteiger partial charge on any atom is 0.476 e. The SMILES string of the molecule is CC(C)C(c1ccc2ccccc2n1)[C@H](NC(=O)N1CCOCC1)B(O)O. The van der Waals surface area contributed by atoms with E-state index in [0.717, 1.165) is 16.6 Å². The smallest absolute Gasteiger partial charge is 0.426 e. The molecule has 0 bridgehead atoms. The highest BCUT2D eigenvalue weighted by molar-refractivity contribution is 6.44. The number of morpholine rings is 1. The lowest BCUT2D eigenvalue weighted by Crippen LogP contribution is -2.56. The van der Waals surface area contributed by atoms with Gasteiger partial charge in [0, 0.05) is 30.1 Å². The summed E-state index contributed by atoms with van der Waals surface area (Å²) in [5.74, 6) is -1.18. The number of carbonyl (C=O) groups excluding carboxylic acids is 1. The number of para-hydroxylation sites is 1. The van der Waals surface area contributed by atoms with Gasteiger partial charge in [0.25, 0.3) is 0 Å². The molecular formula is C19H26BN3O4. The van der Waals surface area contributed by atoms with Gasteiger partial charge in [-0.1, -0.05) is 38.1 Å². The van der Waals surface area contributed by atoms with Gasteiger partial charge in [-0.15, -0.1) is 0 Å². The van der Waals surface area contributed by atoms with Crippen molar-refractivity contribution in [3.8, 4) is 0 Å². The molecule has 2 atom stereocenters. The normalized spacial score (nSPS) is 17.0. The van der Waals surface area contributed by atoms with Gasteiger partial charge < -0.3 is 25.0 Å². The summed E-state index contributed by atoms with van der Waals surface area (Å²) in [5, 5.41) is 23.9. The Morgan fingerprint density at radius 3 is 2.56 bits per heavy atom. The van der Waals surface area contributed by atoms with E-state index < -0.39 is 13.1 Å². The van der Waals surface area contributed by atoms with E-state index >= 15 is 0 Å². The fourth-order valence-corrected chi connectivity index (χ4v) is 3.56. The van der Waals surface area contributed by atoms with Crippen LogP contribution in [-0.4, -0.2) is 65.3 Å². The predicted molar refractivity (Wildman–Crippen MR) is 104 cm³/mol. The number of rotatable bonds is 5. The summed E-state index contributed by atoms with van der Waals surface area (Å²) < 4.78 is 5.27. The number of ether oxygens (including phenoxy) is 1. The molecule has 0 radical (unpaired) electrons. The summed E-state index contributed by atoms with van der Waals surface area (Å²) in [7, 11) is -1.70. The number of aromatic nitrogens is 1. The zero-order chi connectivity index (χ0) is 19.4. The Morgan fingerprint density at radius 1 is 1.19 bits per heavy atom. The fourth-order valence-electron chi connectivity index (χ4n) is 3.56. The van der Waals surface area contributed by atoms with Gasteiger partial charge in [0.2, 0.25) is 0 Å². The first-order valence-corrected chi connectivity index (χ1v) is 9.32. The molecule has 2 aromatic rings. The van der Waals surface area contributed by atoms with Crippen molar-refractivity contribution < 1.29 is 19.6 Å². The summed E-state index contributed by atoms with van der Waals surface area (Å²) in [6.45, 7) is 5.91. The molecular weight excluding hydrogens is 345 g/mol. The predicted octanol–water partition coefficient (Wildman–Crippen LogP) is 1.40. The van der Waals surface area contributed by atoms with Gasteiger partial charge in [0.1, 0.15) is 0 Å². The molecule has 7 nitrogen and oxygen atoms in total. The first kappa shape index (κ1) is 19.6. The molecule has 1 aromatic heterocycles. The van der Waals surface area contributed by atoms with E-state index in [4.69, 9.17) is 9.72 Å². The standard InChI is InChI=1S/C19H26BN3O4/c1-13(2)17(16-8-7-14-5-3-4-6-15(14)21-16)18(20(25)26)22-19(24)23-9-11-27-12-10-23/h3-8,13,17-18,25-26H,9-12H2,1-2H3,(H,22,24)/t17?,18-/m0/s1. The number of hydrogen-bond acceptors (Lipinski definition) is 5. The van der Waals surface area contributed by atoms with Crippen molar-refractivity contribution in [3.63, 3.8) is 0 Å². The van der Waals surface area contributed by atoms with E-state index in [1.807, 2.05) is 50.2 Å². The van der Waals surface area contributed by atoms with E-state index in [1.54, 1.807) is 4.90 Å². The second kappa shape index (κ2) is 8.69. The average Bonchev–Trinajstić information content (AvgIpc) is 2.67. The topological polar surface area (TPSA) is 94.9 Å². The number of nitrogens with zero attached hydrogens (tertiary/aromatic N) is 2. The van der Waals surface area contributed by atoms with Crippen molar-refractivity contribution in [1.29, 1.82) is 0 Å². The van der Waals surface area contributed by atoms with Crippen molar-refractivity contribution in [1.82, 2.24) is 15.2 Å². The quantitative estimate of drug-likeness (QED) is 0.691. The highest BCUT2D eigenvalue weighted by Gasteiger charge is 2.38. The van der Waals surface area contributed by atoms with Crippen LogP contribution in [0.25, 0.3) is 10.9 Å². The summed E-state index contributed by atoms with van der Waals surface area (Å²) >= 11 is 0. The number of fused-ring (bicyclic) bond motifs is 1. The van der Waals surface area contributed by atoms with Crippen LogP contribution >= 0.6 is 0 Å². The number of pyridine rings is 1. The maximum absolute atomic E-state index is 12.6. The van der Waals surface area contributed by atoms with E-state index in [-0.39, 0.29) is 17.9 Å². The minimum Gasteiger partial charge on any atom is -0.426 e. The van der Waals surface area contributed by atoms with Crippen LogP contribution in [0.4, 0.5) is 4.79 Å². The summed E-state index contributed by atoms with van der Waals surface area (Å²) in [6.07, 6.45) is 0. The fraction of sp³-hybridized carbons (Fsp3) is 0.474. The van der Waals surface area contributed by atoms with Crippen LogP contribution in [0.15, 0.2) is 36.4 Å². The molecule has 0 saturated carbocycles. The number of nitrogens with one attached hydrogen (secondary N) is 1. The van der Waals surface area contributed by atoms with E-state index in [9.17, 15) is 14.8 Å². The lowest BCUT2D eigenvalue weighted by atomic mass is 9.67. The van der Waals surface area contributed by atoms with Gasteiger partial charge in [-0.25, -0.2) is 4.79 Å². The summed E-state index contributed by atoms with van der Waals surface area (Å²) in [5.41, 5.74) is 1.57. The van der Waals surface area contributed by atoms with E-state index in [1.165, 1.54) is 0 Å². The highest BCUT2D eigenvalue weighted by Crippen LogP contribution is 2.29. The molecule has 144 valence electrons. The molecule has 8 heteroatoms. The van der Waals surface area contributed by atoms with Gasteiger partial charge in [0.15, 0.2) is 0 Å². The molecule has 1 fully saturated rings. The van der Waals surface area contributed by atoms with Crippen molar-refractivity contribution in [2.24, 2.45) is 5.92 Å². The lowest BCUT2D eigenvalue weighted by Gasteiger charge is -2.33. The Labute approximate surface area is 159 Å². The molecule has 1 unspecified atom stereocenters. The molecule has 1 aliphatic rings. The van der Waals surface area contributed by atoms with Crippen molar-refractivity contribution in [2.45, 2.75) is 25.7 Å². The molecule has 0 spiro atoms. The maximum atomic E-state index is 12.6.